The first-order valence-electron chi connectivity index (χ1n) is 6.47. The summed E-state index contributed by atoms with van der Waals surface area (Å²) in [5.74, 6) is 0. The molecular weight excluding hydrogens is 290 g/mol. The highest BCUT2D eigenvalue weighted by atomic mass is 35.5. The van der Waals surface area contributed by atoms with Gasteiger partial charge in [0.05, 0.1) is 21.3 Å². The number of aliphatic hydroxyl groups excluding tert-OH is 1. The first kappa shape index (κ1) is 13.6. The summed E-state index contributed by atoms with van der Waals surface area (Å²) in [6.07, 6.45) is 0.733. The number of nitrogens with zero attached hydrogens (tertiary/aromatic N) is 1. The highest BCUT2D eigenvalue weighted by Gasteiger charge is 2.11. The van der Waals surface area contributed by atoms with E-state index in [1.54, 1.807) is 11.3 Å². The highest BCUT2D eigenvalue weighted by molar-refractivity contribution is 7.18. The number of benzene rings is 2. The summed E-state index contributed by atoms with van der Waals surface area (Å²) >= 11 is 7.59. The molecule has 1 unspecified atom stereocenters. The van der Waals surface area contributed by atoms with E-state index in [2.05, 4.69) is 11.1 Å². The smallest absolute Gasteiger partial charge is 0.0964 e. The topological polar surface area (TPSA) is 33.1 Å². The van der Waals surface area contributed by atoms with Crippen LogP contribution >= 0.6 is 22.9 Å². The van der Waals surface area contributed by atoms with Crippen molar-refractivity contribution < 1.29 is 5.11 Å². The molecule has 0 saturated carbocycles. The van der Waals surface area contributed by atoms with Gasteiger partial charge in [0.2, 0.25) is 0 Å². The van der Waals surface area contributed by atoms with Crippen LogP contribution in [0.2, 0.25) is 5.02 Å². The third-order valence-electron chi connectivity index (χ3n) is 3.11. The molecule has 0 amide bonds. The Hall–Kier alpha value is -1.42. The minimum absolute atomic E-state index is 0.436. The maximum absolute atomic E-state index is 10.2. The summed E-state index contributed by atoms with van der Waals surface area (Å²) in [6, 6.07) is 15.7. The standard InChI is InChI=1S/C16H14ClNOS/c17-12-5-3-4-11(8-12)9-13(19)10-16-18-14-6-1-2-7-15(14)20-16/h1-8,13,19H,9-10H2. The summed E-state index contributed by atoms with van der Waals surface area (Å²) in [5.41, 5.74) is 2.05. The number of hydrogen-bond donors (Lipinski definition) is 1. The molecule has 4 heteroatoms. The molecular formula is C16H14ClNOS. The molecule has 0 saturated heterocycles. The molecule has 3 aromatic rings. The van der Waals surface area contributed by atoms with E-state index >= 15 is 0 Å². The van der Waals surface area contributed by atoms with Crippen molar-refractivity contribution in [2.45, 2.75) is 18.9 Å². The van der Waals surface area contributed by atoms with Crippen LogP contribution in [-0.2, 0) is 12.8 Å². The molecule has 1 heterocycles. The van der Waals surface area contributed by atoms with Crippen LogP contribution in [0.4, 0.5) is 0 Å². The third kappa shape index (κ3) is 3.18. The number of aliphatic hydroxyl groups is 1. The lowest BCUT2D eigenvalue weighted by atomic mass is 10.1. The number of halogens is 1. The molecule has 20 heavy (non-hydrogen) atoms. The van der Waals surface area contributed by atoms with Gasteiger partial charge in [0.1, 0.15) is 0 Å². The van der Waals surface area contributed by atoms with Crippen LogP contribution in [0.25, 0.3) is 10.2 Å². The lowest BCUT2D eigenvalue weighted by molar-refractivity contribution is 0.175. The second kappa shape index (κ2) is 5.92. The fourth-order valence-corrected chi connectivity index (χ4v) is 3.47. The van der Waals surface area contributed by atoms with Crippen molar-refractivity contribution in [2.75, 3.05) is 0 Å². The second-order valence-electron chi connectivity index (χ2n) is 4.77. The van der Waals surface area contributed by atoms with Crippen molar-refractivity contribution in [1.82, 2.24) is 4.98 Å². The van der Waals surface area contributed by atoms with Crippen LogP contribution in [-0.4, -0.2) is 16.2 Å². The van der Waals surface area contributed by atoms with Gasteiger partial charge >= 0.3 is 0 Å². The Morgan fingerprint density at radius 3 is 2.75 bits per heavy atom. The number of fused-ring (bicyclic) bond motifs is 1. The Kier molecular flexibility index (Phi) is 4.01. The average molecular weight is 304 g/mol. The lowest BCUT2D eigenvalue weighted by Gasteiger charge is -2.08. The number of thiazole rings is 1. The maximum atomic E-state index is 10.2. The third-order valence-corrected chi connectivity index (χ3v) is 4.40. The largest absolute Gasteiger partial charge is 0.392 e. The van der Waals surface area contributed by atoms with Crippen LogP contribution < -0.4 is 0 Å². The second-order valence-corrected chi connectivity index (χ2v) is 6.32. The molecule has 2 aromatic carbocycles. The molecule has 0 fully saturated rings. The number of hydrogen-bond acceptors (Lipinski definition) is 3. The van der Waals surface area contributed by atoms with Crippen LogP contribution in [0.3, 0.4) is 0 Å². The van der Waals surface area contributed by atoms with E-state index in [1.165, 1.54) is 0 Å². The zero-order chi connectivity index (χ0) is 13.9. The van der Waals surface area contributed by atoms with E-state index < -0.39 is 6.10 Å². The molecule has 102 valence electrons. The average Bonchev–Trinajstić information content (AvgIpc) is 2.80. The van der Waals surface area contributed by atoms with E-state index in [4.69, 9.17) is 11.6 Å². The van der Waals surface area contributed by atoms with Gasteiger partial charge in [-0.25, -0.2) is 4.98 Å². The molecule has 1 aromatic heterocycles. The molecule has 1 atom stereocenters. The Bertz CT molecular complexity index is 692. The highest BCUT2D eigenvalue weighted by Crippen LogP contribution is 2.23. The quantitative estimate of drug-likeness (QED) is 0.787. The SMILES string of the molecule is OC(Cc1cccc(Cl)c1)Cc1nc2ccccc2s1. The van der Waals surface area contributed by atoms with Gasteiger partial charge in [0.15, 0.2) is 0 Å². The molecule has 0 radical (unpaired) electrons. The fourth-order valence-electron chi connectivity index (χ4n) is 2.22. The van der Waals surface area contributed by atoms with Gasteiger partial charge in [0, 0.05) is 11.4 Å². The zero-order valence-electron chi connectivity index (χ0n) is 10.8. The van der Waals surface area contributed by atoms with E-state index in [-0.39, 0.29) is 0 Å². The number of para-hydroxylation sites is 1. The van der Waals surface area contributed by atoms with Crippen LogP contribution in [0, 0.1) is 0 Å². The Morgan fingerprint density at radius 2 is 1.95 bits per heavy atom. The summed E-state index contributed by atoms with van der Waals surface area (Å²) in [5, 5.41) is 11.9. The van der Waals surface area contributed by atoms with Gasteiger partial charge in [-0.15, -0.1) is 11.3 Å². The van der Waals surface area contributed by atoms with Crippen molar-refractivity contribution in [1.29, 1.82) is 0 Å². The van der Waals surface area contributed by atoms with Crippen molar-refractivity contribution in [3.05, 3.63) is 64.1 Å². The first-order valence-corrected chi connectivity index (χ1v) is 7.67. The molecule has 3 rings (SSSR count). The minimum Gasteiger partial charge on any atom is -0.392 e. The Morgan fingerprint density at radius 1 is 1.10 bits per heavy atom. The monoisotopic (exact) mass is 303 g/mol. The fraction of sp³-hybridized carbons (Fsp3) is 0.188. The Labute approximate surface area is 126 Å². The van der Waals surface area contributed by atoms with Gasteiger partial charge in [-0.05, 0) is 36.2 Å². The van der Waals surface area contributed by atoms with Gasteiger partial charge < -0.3 is 5.11 Å². The Balaban J connectivity index is 1.70. The molecule has 0 bridgehead atoms. The summed E-state index contributed by atoms with van der Waals surface area (Å²) in [7, 11) is 0. The molecule has 0 aliphatic rings. The lowest BCUT2D eigenvalue weighted by Crippen LogP contribution is -2.13. The van der Waals surface area contributed by atoms with E-state index in [0.29, 0.717) is 17.9 Å². The molecule has 0 aliphatic carbocycles. The number of rotatable bonds is 4. The van der Waals surface area contributed by atoms with E-state index in [0.717, 1.165) is 20.8 Å². The van der Waals surface area contributed by atoms with Gasteiger partial charge in [-0.3, -0.25) is 0 Å². The molecule has 1 N–H and O–H groups in total. The zero-order valence-corrected chi connectivity index (χ0v) is 12.4. The summed E-state index contributed by atoms with van der Waals surface area (Å²) in [6.45, 7) is 0. The minimum atomic E-state index is -0.436. The maximum Gasteiger partial charge on any atom is 0.0964 e. The molecule has 0 aliphatic heterocycles. The van der Waals surface area contributed by atoms with Crippen LogP contribution in [0.1, 0.15) is 10.6 Å². The van der Waals surface area contributed by atoms with Crippen LogP contribution in [0.5, 0.6) is 0 Å². The van der Waals surface area contributed by atoms with Crippen molar-refractivity contribution in [2.24, 2.45) is 0 Å². The van der Waals surface area contributed by atoms with Gasteiger partial charge in [-0.2, -0.15) is 0 Å². The van der Waals surface area contributed by atoms with Gasteiger partial charge in [-0.1, -0.05) is 35.9 Å². The predicted molar refractivity (Wildman–Crippen MR) is 84.5 cm³/mol. The van der Waals surface area contributed by atoms with Crippen LogP contribution in [0.15, 0.2) is 48.5 Å². The number of aromatic nitrogens is 1. The molecule has 2 nitrogen and oxygen atoms in total. The molecule has 0 spiro atoms. The van der Waals surface area contributed by atoms with Crippen molar-refractivity contribution >= 4 is 33.2 Å². The predicted octanol–water partition coefficient (Wildman–Crippen LogP) is 4.10. The first-order chi connectivity index (χ1) is 9.70. The van der Waals surface area contributed by atoms with Gasteiger partial charge in [0.25, 0.3) is 0 Å². The van der Waals surface area contributed by atoms with Crippen molar-refractivity contribution in [3.63, 3.8) is 0 Å². The normalized spacial score (nSPS) is 12.7. The van der Waals surface area contributed by atoms with E-state index in [1.807, 2.05) is 42.5 Å². The van der Waals surface area contributed by atoms with Crippen molar-refractivity contribution in [3.8, 4) is 0 Å². The summed E-state index contributed by atoms with van der Waals surface area (Å²) < 4.78 is 1.16. The van der Waals surface area contributed by atoms with E-state index in [9.17, 15) is 5.11 Å². The summed E-state index contributed by atoms with van der Waals surface area (Å²) in [4.78, 5) is 4.54.